The van der Waals surface area contributed by atoms with Gasteiger partial charge in [0.15, 0.2) is 23.3 Å². The molecule has 17 heavy (non-hydrogen) atoms. The average molecular weight is 274 g/mol. The van der Waals surface area contributed by atoms with Gasteiger partial charge in [0, 0.05) is 24.3 Å². The third-order valence-corrected chi connectivity index (χ3v) is 2.19. The Balaban J connectivity index is 0.00000256. The molecule has 0 saturated heterocycles. The maximum Gasteiger partial charge on any atom is 0.166 e. The number of aliphatic hydroxyl groups excluding tert-OH is 1. The fraction of sp³-hybridized carbons (Fsp3) is 0.400. The number of halogens is 5. The van der Waals surface area contributed by atoms with Gasteiger partial charge in [0.25, 0.3) is 0 Å². The van der Waals surface area contributed by atoms with Crippen molar-refractivity contribution in [2.24, 2.45) is 5.73 Å². The number of rotatable bonds is 4. The summed E-state index contributed by atoms with van der Waals surface area (Å²) in [5.41, 5.74) is 4.58. The average Bonchev–Trinajstić information content (AvgIpc) is 2.24. The van der Waals surface area contributed by atoms with Crippen molar-refractivity contribution >= 4 is 12.4 Å². The van der Waals surface area contributed by atoms with Crippen LogP contribution in [-0.4, -0.2) is 11.7 Å². The highest BCUT2D eigenvalue weighted by molar-refractivity contribution is 5.85. The third-order valence-electron chi connectivity index (χ3n) is 2.19. The van der Waals surface area contributed by atoms with Crippen LogP contribution < -0.4 is 5.73 Å². The van der Waals surface area contributed by atoms with Crippen LogP contribution in [-0.2, 0) is 0 Å². The van der Waals surface area contributed by atoms with E-state index in [2.05, 4.69) is 0 Å². The van der Waals surface area contributed by atoms with Gasteiger partial charge < -0.3 is 10.8 Å². The molecule has 0 heterocycles. The van der Waals surface area contributed by atoms with E-state index in [0.29, 0.717) is 0 Å². The lowest BCUT2D eigenvalue weighted by atomic mass is 10.0. The zero-order chi connectivity index (χ0) is 12.3. The molecule has 1 atom stereocenters. The van der Waals surface area contributed by atoms with Gasteiger partial charge in [0.1, 0.15) is 0 Å². The summed E-state index contributed by atoms with van der Waals surface area (Å²) in [6.45, 7) is -0.214. The molecule has 3 N–H and O–H groups in total. The van der Waals surface area contributed by atoms with Crippen LogP contribution in [0.5, 0.6) is 0 Å². The topological polar surface area (TPSA) is 46.2 Å². The van der Waals surface area contributed by atoms with E-state index >= 15 is 0 Å². The fourth-order valence-electron chi connectivity index (χ4n) is 1.37. The molecule has 0 aromatic heterocycles. The summed E-state index contributed by atoms with van der Waals surface area (Å²) in [6.07, 6.45) is 0.228. The van der Waals surface area contributed by atoms with E-state index in [9.17, 15) is 17.6 Å². The Bertz CT molecular complexity index is 363. The molecule has 0 aliphatic rings. The molecule has 1 rings (SSSR count). The summed E-state index contributed by atoms with van der Waals surface area (Å²) in [4.78, 5) is 0. The molecule has 0 aliphatic carbocycles. The van der Waals surface area contributed by atoms with Crippen LogP contribution in [0, 0.1) is 23.3 Å². The third kappa shape index (κ3) is 3.55. The minimum Gasteiger partial charge on any atom is -0.396 e. The lowest BCUT2D eigenvalue weighted by Crippen LogP contribution is -2.17. The van der Waals surface area contributed by atoms with E-state index in [-0.39, 0.29) is 37.9 Å². The van der Waals surface area contributed by atoms with E-state index in [1.165, 1.54) is 0 Å². The Morgan fingerprint density at radius 2 is 1.59 bits per heavy atom. The van der Waals surface area contributed by atoms with Crippen molar-refractivity contribution < 1.29 is 22.7 Å². The Kier molecular flexibility index (Phi) is 6.44. The highest BCUT2D eigenvalue weighted by atomic mass is 35.5. The van der Waals surface area contributed by atoms with Crippen molar-refractivity contribution in [3.8, 4) is 0 Å². The maximum atomic E-state index is 13.2. The molecule has 0 fully saturated rings. The molecule has 7 heteroatoms. The minimum absolute atomic E-state index is 0. The van der Waals surface area contributed by atoms with Gasteiger partial charge in [-0.15, -0.1) is 12.4 Å². The highest BCUT2D eigenvalue weighted by Gasteiger charge is 2.23. The first-order valence-corrected chi connectivity index (χ1v) is 4.68. The smallest absolute Gasteiger partial charge is 0.166 e. The summed E-state index contributed by atoms with van der Waals surface area (Å²) < 4.78 is 52.0. The maximum absolute atomic E-state index is 13.2. The largest absolute Gasteiger partial charge is 0.396 e. The van der Waals surface area contributed by atoms with Crippen LogP contribution in [0.3, 0.4) is 0 Å². The number of hydrogen-bond donors (Lipinski definition) is 2. The SMILES string of the molecule is Cl.N[C@H](CCCO)c1c(F)c(F)cc(F)c1F. The van der Waals surface area contributed by atoms with Crippen molar-refractivity contribution in [2.45, 2.75) is 18.9 Å². The van der Waals surface area contributed by atoms with Gasteiger partial charge in [-0.1, -0.05) is 0 Å². The van der Waals surface area contributed by atoms with E-state index in [4.69, 9.17) is 10.8 Å². The number of hydrogen-bond acceptors (Lipinski definition) is 2. The molecule has 0 radical (unpaired) electrons. The van der Waals surface area contributed by atoms with Gasteiger partial charge in [-0.25, -0.2) is 17.6 Å². The molecule has 0 spiro atoms. The molecule has 1 aromatic rings. The summed E-state index contributed by atoms with van der Waals surface area (Å²) in [5, 5.41) is 8.52. The van der Waals surface area contributed by atoms with Gasteiger partial charge in [0.05, 0.1) is 0 Å². The first-order valence-electron chi connectivity index (χ1n) is 4.68. The Morgan fingerprint density at radius 3 is 2.00 bits per heavy atom. The lowest BCUT2D eigenvalue weighted by Gasteiger charge is -2.14. The minimum atomic E-state index is -1.48. The molecule has 0 aliphatic heterocycles. The molecular weight excluding hydrogens is 262 g/mol. The number of benzene rings is 1. The van der Waals surface area contributed by atoms with Gasteiger partial charge in [-0.2, -0.15) is 0 Å². The van der Waals surface area contributed by atoms with Crippen LogP contribution in [0.1, 0.15) is 24.4 Å². The second kappa shape index (κ2) is 6.78. The van der Waals surface area contributed by atoms with Crippen LogP contribution in [0.2, 0.25) is 0 Å². The molecule has 2 nitrogen and oxygen atoms in total. The summed E-state index contributed by atoms with van der Waals surface area (Å²) in [6, 6.07) is -1.05. The molecule has 0 amide bonds. The van der Waals surface area contributed by atoms with Gasteiger partial charge >= 0.3 is 0 Å². The zero-order valence-electron chi connectivity index (χ0n) is 8.72. The van der Waals surface area contributed by atoms with E-state index < -0.39 is 34.9 Å². The Hall–Kier alpha value is -0.850. The van der Waals surface area contributed by atoms with Crippen molar-refractivity contribution in [1.29, 1.82) is 0 Å². The normalized spacial score (nSPS) is 12.1. The molecular formula is C10H12ClF4NO. The molecule has 0 saturated carbocycles. The fourth-order valence-corrected chi connectivity index (χ4v) is 1.37. The van der Waals surface area contributed by atoms with E-state index in [1.807, 2.05) is 0 Å². The summed E-state index contributed by atoms with van der Waals surface area (Å²) >= 11 is 0. The molecule has 1 aromatic carbocycles. The summed E-state index contributed by atoms with van der Waals surface area (Å²) in [7, 11) is 0. The van der Waals surface area contributed by atoms with Crippen molar-refractivity contribution in [3.05, 3.63) is 34.9 Å². The number of aliphatic hydroxyl groups is 1. The predicted molar refractivity (Wildman–Crippen MR) is 56.8 cm³/mol. The van der Waals surface area contributed by atoms with Crippen molar-refractivity contribution in [1.82, 2.24) is 0 Å². The van der Waals surface area contributed by atoms with E-state index in [1.54, 1.807) is 0 Å². The van der Waals surface area contributed by atoms with E-state index in [0.717, 1.165) is 0 Å². The van der Waals surface area contributed by atoms with Crippen LogP contribution >= 0.6 is 12.4 Å². The zero-order valence-corrected chi connectivity index (χ0v) is 9.54. The van der Waals surface area contributed by atoms with Gasteiger partial charge in [0.2, 0.25) is 0 Å². The van der Waals surface area contributed by atoms with Gasteiger partial charge in [-0.3, -0.25) is 0 Å². The molecule has 0 unspecified atom stereocenters. The highest BCUT2D eigenvalue weighted by Crippen LogP contribution is 2.26. The first-order chi connectivity index (χ1) is 7.49. The Labute approximate surface area is 102 Å². The van der Waals surface area contributed by atoms with Crippen molar-refractivity contribution in [3.63, 3.8) is 0 Å². The van der Waals surface area contributed by atoms with Gasteiger partial charge in [-0.05, 0) is 12.8 Å². The monoisotopic (exact) mass is 273 g/mol. The standard InChI is InChI=1S/C10H11F4NO.ClH/c11-5-4-6(12)10(14)8(9(5)13)7(15)2-1-3-16;/h4,7,16H,1-3,15H2;1H/t7-;/m1./s1. The number of nitrogens with two attached hydrogens (primary N) is 1. The summed E-state index contributed by atoms with van der Waals surface area (Å²) in [5.74, 6) is -5.92. The van der Waals surface area contributed by atoms with Crippen LogP contribution in [0.4, 0.5) is 17.6 Å². The first kappa shape index (κ1) is 16.1. The second-order valence-electron chi connectivity index (χ2n) is 3.35. The Morgan fingerprint density at radius 1 is 1.12 bits per heavy atom. The molecule has 0 bridgehead atoms. The van der Waals surface area contributed by atoms with Crippen LogP contribution in [0.15, 0.2) is 6.07 Å². The molecule has 98 valence electrons. The van der Waals surface area contributed by atoms with Crippen LogP contribution in [0.25, 0.3) is 0 Å². The second-order valence-corrected chi connectivity index (χ2v) is 3.35. The predicted octanol–water partition coefficient (Wildman–Crippen LogP) is 2.44. The quantitative estimate of drug-likeness (QED) is 0.654. The van der Waals surface area contributed by atoms with Crippen molar-refractivity contribution in [2.75, 3.05) is 6.61 Å². The lowest BCUT2D eigenvalue weighted by molar-refractivity contribution is 0.278.